The lowest BCUT2D eigenvalue weighted by atomic mass is 9.95. The molecule has 1 atom stereocenters. The van der Waals surface area contributed by atoms with Gasteiger partial charge in [0.1, 0.15) is 11.6 Å². The fraction of sp³-hybridized carbons (Fsp3) is 0.389. The Morgan fingerprint density at radius 2 is 2.13 bits per heavy atom. The van der Waals surface area contributed by atoms with Crippen LogP contribution in [0.1, 0.15) is 36.0 Å². The van der Waals surface area contributed by atoms with Crippen LogP contribution in [-0.2, 0) is 4.79 Å². The summed E-state index contributed by atoms with van der Waals surface area (Å²) in [6, 6.07) is 6.09. The van der Waals surface area contributed by atoms with E-state index in [-0.39, 0.29) is 17.7 Å². The van der Waals surface area contributed by atoms with Crippen molar-refractivity contribution in [1.82, 2.24) is 9.88 Å². The normalized spacial score (nSPS) is 21.7. The van der Waals surface area contributed by atoms with Gasteiger partial charge in [-0.25, -0.2) is 4.39 Å². The van der Waals surface area contributed by atoms with Crippen LogP contribution in [0.3, 0.4) is 0 Å². The Morgan fingerprint density at radius 3 is 2.91 bits per heavy atom. The zero-order chi connectivity index (χ0) is 16.0. The number of aromatic nitrogens is 1. The van der Waals surface area contributed by atoms with Crippen LogP contribution in [-0.4, -0.2) is 34.2 Å². The van der Waals surface area contributed by atoms with E-state index in [9.17, 15) is 14.0 Å². The van der Waals surface area contributed by atoms with Crippen LogP contribution >= 0.6 is 0 Å². The summed E-state index contributed by atoms with van der Waals surface area (Å²) in [5, 5.41) is 0.618. The van der Waals surface area contributed by atoms with E-state index in [1.807, 2.05) is 0 Å². The zero-order valence-corrected chi connectivity index (χ0v) is 12.7. The number of halogens is 1. The number of fused-ring (bicyclic) bond motifs is 1. The van der Waals surface area contributed by atoms with E-state index >= 15 is 0 Å². The fourth-order valence-electron chi connectivity index (χ4n) is 3.48. The van der Waals surface area contributed by atoms with Crippen LogP contribution in [0.15, 0.2) is 30.5 Å². The molecule has 4 nitrogen and oxygen atoms in total. The van der Waals surface area contributed by atoms with E-state index in [0.717, 1.165) is 12.8 Å². The number of carbonyl (C=O) groups is 2. The van der Waals surface area contributed by atoms with Crippen molar-refractivity contribution in [1.29, 1.82) is 0 Å². The highest BCUT2D eigenvalue weighted by Crippen LogP contribution is 2.39. The first-order valence-corrected chi connectivity index (χ1v) is 8.00. The number of pyridine rings is 1. The molecule has 2 fully saturated rings. The van der Waals surface area contributed by atoms with Crippen molar-refractivity contribution in [2.75, 3.05) is 6.54 Å². The van der Waals surface area contributed by atoms with Crippen molar-refractivity contribution in [2.24, 2.45) is 5.92 Å². The monoisotopic (exact) mass is 312 g/mol. The third-order valence-electron chi connectivity index (χ3n) is 4.80. The fourth-order valence-corrected chi connectivity index (χ4v) is 3.48. The minimum atomic E-state index is -0.440. The number of ketones is 1. The van der Waals surface area contributed by atoms with E-state index in [1.54, 1.807) is 23.2 Å². The Hall–Kier alpha value is -2.30. The van der Waals surface area contributed by atoms with Crippen LogP contribution in [0.4, 0.5) is 4.39 Å². The highest BCUT2D eigenvalue weighted by molar-refractivity contribution is 6.06. The molecule has 5 heteroatoms. The number of piperidine rings is 1. The molecule has 1 unspecified atom stereocenters. The van der Waals surface area contributed by atoms with Gasteiger partial charge in [-0.15, -0.1) is 0 Å². The van der Waals surface area contributed by atoms with Crippen LogP contribution in [0.2, 0.25) is 0 Å². The predicted molar refractivity (Wildman–Crippen MR) is 83.5 cm³/mol. The van der Waals surface area contributed by atoms with Crippen molar-refractivity contribution < 1.29 is 14.0 Å². The second-order valence-corrected chi connectivity index (χ2v) is 6.42. The number of likely N-dealkylation sites (tertiary alicyclic amines) is 1. The average molecular weight is 312 g/mol. The summed E-state index contributed by atoms with van der Waals surface area (Å²) in [4.78, 5) is 30.8. The maximum absolute atomic E-state index is 13.9. The Kier molecular flexibility index (Phi) is 3.36. The summed E-state index contributed by atoms with van der Waals surface area (Å²) in [6.45, 7) is 0.420. The predicted octanol–water partition coefficient (Wildman–Crippen LogP) is 2.96. The molecule has 0 N–H and O–H groups in total. The van der Waals surface area contributed by atoms with Crippen molar-refractivity contribution >= 4 is 22.6 Å². The molecule has 1 aliphatic heterocycles. The molecule has 1 aromatic heterocycles. The quantitative estimate of drug-likeness (QED) is 0.856. The van der Waals surface area contributed by atoms with E-state index in [0.29, 0.717) is 41.8 Å². The van der Waals surface area contributed by atoms with Crippen LogP contribution in [0.5, 0.6) is 0 Å². The van der Waals surface area contributed by atoms with Crippen molar-refractivity contribution in [3.63, 3.8) is 0 Å². The largest absolute Gasteiger partial charge is 0.334 e. The lowest BCUT2D eigenvalue weighted by molar-refractivity contribution is -0.122. The standard InChI is InChI=1S/C18H17FN2O2/c19-13-8-12-2-1-6-20-17(12)15(9-13)18(23)21-7-5-14(22)10-16(21)11-3-4-11/h1-2,6,8-9,11,16H,3-5,7,10H2. The lowest BCUT2D eigenvalue weighted by Gasteiger charge is -2.35. The molecule has 2 heterocycles. The minimum absolute atomic E-state index is 0.0363. The number of nitrogens with zero attached hydrogens (tertiary/aromatic N) is 2. The van der Waals surface area contributed by atoms with E-state index in [2.05, 4.69) is 4.98 Å². The first-order chi connectivity index (χ1) is 11.1. The van der Waals surface area contributed by atoms with Gasteiger partial charge in [-0.05, 0) is 37.0 Å². The molecule has 0 bridgehead atoms. The molecule has 2 aliphatic rings. The summed E-state index contributed by atoms with van der Waals surface area (Å²) in [6.07, 6.45) is 4.54. The van der Waals surface area contributed by atoms with Gasteiger partial charge >= 0.3 is 0 Å². The summed E-state index contributed by atoms with van der Waals surface area (Å²) in [7, 11) is 0. The summed E-state index contributed by atoms with van der Waals surface area (Å²) in [5.41, 5.74) is 0.811. The molecule has 0 spiro atoms. The molecular formula is C18H17FN2O2. The maximum Gasteiger partial charge on any atom is 0.256 e. The second-order valence-electron chi connectivity index (χ2n) is 6.42. The molecule has 1 saturated heterocycles. The summed E-state index contributed by atoms with van der Waals surface area (Å²) in [5.74, 6) is -0.0216. The zero-order valence-electron chi connectivity index (χ0n) is 12.7. The minimum Gasteiger partial charge on any atom is -0.334 e. The molecule has 1 amide bonds. The number of hydrogen-bond donors (Lipinski definition) is 0. The molecule has 1 saturated carbocycles. The number of hydrogen-bond acceptors (Lipinski definition) is 3. The topological polar surface area (TPSA) is 50.3 Å². The number of benzene rings is 1. The van der Waals surface area contributed by atoms with Crippen LogP contribution < -0.4 is 0 Å². The first kappa shape index (κ1) is 14.3. The molecule has 118 valence electrons. The van der Waals surface area contributed by atoms with Gasteiger partial charge in [0.15, 0.2) is 0 Å². The molecular weight excluding hydrogens is 295 g/mol. The Balaban J connectivity index is 1.75. The van der Waals surface area contributed by atoms with E-state index < -0.39 is 5.82 Å². The van der Waals surface area contributed by atoms with Crippen molar-refractivity contribution in [3.8, 4) is 0 Å². The van der Waals surface area contributed by atoms with Gasteiger partial charge in [0.05, 0.1) is 11.1 Å². The van der Waals surface area contributed by atoms with Gasteiger partial charge in [0.25, 0.3) is 5.91 Å². The van der Waals surface area contributed by atoms with Crippen LogP contribution in [0, 0.1) is 11.7 Å². The summed E-state index contributed by atoms with van der Waals surface area (Å²) >= 11 is 0. The van der Waals surface area contributed by atoms with Gasteiger partial charge < -0.3 is 4.90 Å². The van der Waals surface area contributed by atoms with Gasteiger partial charge in [-0.3, -0.25) is 14.6 Å². The summed E-state index contributed by atoms with van der Waals surface area (Å²) < 4.78 is 13.9. The molecule has 4 rings (SSSR count). The first-order valence-electron chi connectivity index (χ1n) is 8.00. The van der Waals surface area contributed by atoms with Crippen LogP contribution in [0.25, 0.3) is 10.9 Å². The Morgan fingerprint density at radius 1 is 1.30 bits per heavy atom. The SMILES string of the molecule is O=C1CCN(C(=O)c2cc(F)cc3cccnc23)C(C2CC2)C1. The van der Waals surface area contributed by atoms with Gasteiger partial charge in [0.2, 0.25) is 0 Å². The third-order valence-corrected chi connectivity index (χ3v) is 4.80. The van der Waals surface area contributed by atoms with E-state index in [4.69, 9.17) is 0 Å². The van der Waals surface area contributed by atoms with E-state index in [1.165, 1.54) is 12.1 Å². The third kappa shape index (κ3) is 2.60. The Labute approximate surface area is 133 Å². The molecule has 1 aliphatic carbocycles. The number of Topliss-reactive ketones (excluding diaryl/α,β-unsaturated/α-hetero) is 1. The highest BCUT2D eigenvalue weighted by atomic mass is 19.1. The number of carbonyl (C=O) groups excluding carboxylic acids is 2. The van der Waals surface area contributed by atoms with Gasteiger partial charge in [0, 0.05) is 37.0 Å². The second kappa shape index (κ2) is 5.41. The van der Waals surface area contributed by atoms with Crippen molar-refractivity contribution in [3.05, 3.63) is 41.8 Å². The molecule has 1 aromatic carbocycles. The Bertz CT molecular complexity index is 801. The molecule has 0 radical (unpaired) electrons. The maximum atomic E-state index is 13.9. The van der Waals surface area contributed by atoms with Gasteiger partial charge in [-0.1, -0.05) is 6.07 Å². The smallest absolute Gasteiger partial charge is 0.256 e. The van der Waals surface area contributed by atoms with Gasteiger partial charge in [-0.2, -0.15) is 0 Å². The number of rotatable bonds is 2. The lowest BCUT2D eigenvalue weighted by Crippen LogP contribution is -2.47. The molecule has 2 aromatic rings. The van der Waals surface area contributed by atoms with Crippen molar-refractivity contribution in [2.45, 2.75) is 31.7 Å². The average Bonchev–Trinajstić information content (AvgIpc) is 3.38. The molecule has 23 heavy (non-hydrogen) atoms. The number of amides is 1. The highest BCUT2D eigenvalue weighted by Gasteiger charge is 2.41.